The van der Waals surface area contributed by atoms with Crippen LogP contribution in [0.4, 0.5) is 0 Å². The summed E-state index contributed by atoms with van der Waals surface area (Å²) in [5.41, 5.74) is 2.48. The van der Waals surface area contributed by atoms with Crippen molar-refractivity contribution in [2.75, 3.05) is 6.54 Å². The van der Waals surface area contributed by atoms with Crippen LogP contribution in [0.25, 0.3) is 0 Å². The van der Waals surface area contributed by atoms with E-state index in [4.69, 9.17) is 0 Å². The second kappa shape index (κ2) is 5.20. The molecule has 0 amide bonds. The third kappa shape index (κ3) is 2.33. The Hall–Kier alpha value is -1.20. The Morgan fingerprint density at radius 2 is 2.44 bits per heavy atom. The minimum Gasteiger partial charge on any atom is -0.288 e. The van der Waals surface area contributed by atoms with Crippen molar-refractivity contribution in [3.63, 3.8) is 0 Å². The Labute approximate surface area is 111 Å². The van der Waals surface area contributed by atoms with Gasteiger partial charge in [-0.3, -0.25) is 10.00 Å². The van der Waals surface area contributed by atoms with Crippen molar-refractivity contribution in [2.45, 2.75) is 38.8 Å². The molecule has 0 aliphatic carbocycles. The van der Waals surface area contributed by atoms with Crippen LogP contribution in [0.5, 0.6) is 0 Å². The van der Waals surface area contributed by atoms with E-state index in [-0.39, 0.29) is 0 Å². The van der Waals surface area contributed by atoms with Crippen molar-refractivity contribution < 1.29 is 0 Å². The summed E-state index contributed by atoms with van der Waals surface area (Å²) < 4.78 is 0. The number of likely N-dealkylation sites (tertiary alicyclic amines) is 1. The molecule has 1 fully saturated rings. The van der Waals surface area contributed by atoms with Crippen molar-refractivity contribution >= 4 is 11.3 Å². The van der Waals surface area contributed by atoms with Crippen LogP contribution in [-0.2, 0) is 6.54 Å². The minimum atomic E-state index is 0.487. The Bertz CT molecular complexity index is 491. The highest BCUT2D eigenvalue weighted by molar-refractivity contribution is 7.09. The van der Waals surface area contributed by atoms with Crippen molar-refractivity contribution in [3.8, 4) is 0 Å². The fourth-order valence-electron chi connectivity index (χ4n) is 2.60. The van der Waals surface area contributed by atoms with Gasteiger partial charge in [-0.2, -0.15) is 5.10 Å². The maximum atomic E-state index is 4.49. The van der Waals surface area contributed by atoms with Gasteiger partial charge in [-0.1, -0.05) is 6.42 Å². The maximum absolute atomic E-state index is 4.49. The molecule has 5 heteroatoms. The predicted molar refractivity (Wildman–Crippen MR) is 72.4 cm³/mol. The number of nitrogens with zero attached hydrogens (tertiary/aromatic N) is 3. The number of hydrogen-bond acceptors (Lipinski definition) is 4. The molecule has 96 valence electrons. The number of hydrogen-bond donors (Lipinski definition) is 1. The van der Waals surface area contributed by atoms with Gasteiger partial charge in [-0.15, -0.1) is 11.3 Å². The van der Waals surface area contributed by atoms with E-state index in [9.17, 15) is 0 Å². The monoisotopic (exact) mass is 262 g/mol. The molecule has 2 aromatic heterocycles. The number of thiazole rings is 1. The molecule has 0 radical (unpaired) electrons. The molecular weight excluding hydrogens is 244 g/mol. The Balaban J connectivity index is 1.78. The lowest BCUT2D eigenvalue weighted by Gasteiger charge is -2.34. The van der Waals surface area contributed by atoms with E-state index >= 15 is 0 Å². The average Bonchev–Trinajstić information content (AvgIpc) is 3.03. The standard InChI is InChI=1S/C13H18N4S/c1-10-8-15-16-11(10)9-17-6-3-2-4-12(17)13-14-5-7-18-13/h5,7-8,12H,2-4,6,9H2,1H3,(H,15,16)/t12-/m0/s1. The molecule has 1 atom stereocenters. The molecule has 0 aromatic carbocycles. The van der Waals surface area contributed by atoms with Gasteiger partial charge >= 0.3 is 0 Å². The summed E-state index contributed by atoms with van der Waals surface area (Å²) in [6.45, 7) is 4.22. The SMILES string of the molecule is Cc1cn[nH]c1CN1CCCC[C@H]1c1nccs1. The summed E-state index contributed by atoms with van der Waals surface area (Å²) in [6.07, 6.45) is 7.63. The predicted octanol–water partition coefficient (Wildman–Crippen LogP) is 2.90. The van der Waals surface area contributed by atoms with Crippen LogP contribution in [0.3, 0.4) is 0 Å². The molecule has 1 saturated heterocycles. The van der Waals surface area contributed by atoms with Gasteiger partial charge in [-0.05, 0) is 31.9 Å². The number of aromatic nitrogens is 3. The van der Waals surface area contributed by atoms with Crippen molar-refractivity contribution in [3.05, 3.63) is 34.0 Å². The Morgan fingerprint density at radius 3 is 3.17 bits per heavy atom. The number of piperidine rings is 1. The molecule has 0 bridgehead atoms. The van der Waals surface area contributed by atoms with Gasteiger partial charge in [0.1, 0.15) is 5.01 Å². The highest BCUT2D eigenvalue weighted by Gasteiger charge is 2.26. The van der Waals surface area contributed by atoms with Crippen molar-refractivity contribution in [2.24, 2.45) is 0 Å². The lowest BCUT2D eigenvalue weighted by Crippen LogP contribution is -2.33. The first-order chi connectivity index (χ1) is 8.84. The van der Waals surface area contributed by atoms with Gasteiger partial charge in [-0.25, -0.2) is 4.98 Å². The third-order valence-corrected chi connectivity index (χ3v) is 4.52. The van der Waals surface area contributed by atoms with E-state index in [1.165, 1.54) is 35.5 Å². The zero-order valence-corrected chi connectivity index (χ0v) is 11.4. The smallest absolute Gasteiger partial charge is 0.110 e. The van der Waals surface area contributed by atoms with Gasteiger partial charge in [0, 0.05) is 18.1 Å². The summed E-state index contributed by atoms with van der Waals surface area (Å²) in [6, 6.07) is 0.487. The molecule has 3 rings (SSSR count). The molecule has 3 heterocycles. The van der Waals surface area contributed by atoms with E-state index in [1.54, 1.807) is 11.3 Å². The quantitative estimate of drug-likeness (QED) is 0.925. The summed E-state index contributed by atoms with van der Waals surface area (Å²) >= 11 is 1.77. The number of H-pyrrole nitrogens is 1. The fourth-order valence-corrected chi connectivity index (χ4v) is 3.40. The highest BCUT2D eigenvalue weighted by Crippen LogP contribution is 2.33. The molecule has 0 saturated carbocycles. The van der Waals surface area contributed by atoms with Crippen LogP contribution < -0.4 is 0 Å². The van der Waals surface area contributed by atoms with E-state index in [0.717, 1.165) is 13.1 Å². The lowest BCUT2D eigenvalue weighted by atomic mass is 10.0. The zero-order chi connectivity index (χ0) is 12.4. The van der Waals surface area contributed by atoms with E-state index in [2.05, 4.69) is 32.4 Å². The molecular formula is C13H18N4S. The zero-order valence-electron chi connectivity index (χ0n) is 10.6. The molecule has 1 aliphatic rings. The molecule has 0 unspecified atom stereocenters. The van der Waals surface area contributed by atoms with Gasteiger partial charge in [0.15, 0.2) is 0 Å². The molecule has 1 aliphatic heterocycles. The van der Waals surface area contributed by atoms with Crippen LogP contribution >= 0.6 is 11.3 Å². The third-order valence-electron chi connectivity index (χ3n) is 3.65. The second-order valence-electron chi connectivity index (χ2n) is 4.88. The molecule has 0 spiro atoms. The van der Waals surface area contributed by atoms with Crippen LogP contribution in [0.2, 0.25) is 0 Å². The first-order valence-corrected chi connectivity index (χ1v) is 7.35. The molecule has 4 nitrogen and oxygen atoms in total. The first kappa shape index (κ1) is 11.9. The van der Waals surface area contributed by atoms with Gasteiger partial charge in [0.2, 0.25) is 0 Å². The van der Waals surface area contributed by atoms with Crippen LogP contribution in [0.15, 0.2) is 17.8 Å². The summed E-state index contributed by atoms with van der Waals surface area (Å²) in [5.74, 6) is 0. The number of nitrogens with one attached hydrogen (secondary N) is 1. The van der Waals surface area contributed by atoms with E-state index in [0.29, 0.717) is 6.04 Å². The Kier molecular flexibility index (Phi) is 3.43. The van der Waals surface area contributed by atoms with Crippen LogP contribution in [-0.4, -0.2) is 26.6 Å². The Morgan fingerprint density at radius 1 is 1.50 bits per heavy atom. The molecule has 1 N–H and O–H groups in total. The van der Waals surface area contributed by atoms with Crippen molar-refractivity contribution in [1.29, 1.82) is 0 Å². The molecule has 18 heavy (non-hydrogen) atoms. The lowest BCUT2D eigenvalue weighted by molar-refractivity contribution is 0.138. The second-order valence-corrected chi connectivity index (χ2v) is 5.81. The van der Waals surface area contributed by atoms with E-state index in [1.807, 2.05) is 12.4 Å². The van der Waals surface area contributed by atoms with Crippen molar-refractivity contribution in [1.82, 2.24) is 20.1 Å². The summed E-state index contributed by atoms with van der Waals surface area (Å²) in [4.78, 5) is 7.02. The topological polar surface area (TPSA) is 44.8 Å². The van der Waals surface area contributed by atoms with Gasteiger partial charge in [0.25, 0.3) is 0 Å². The first-order valence-electron chi connectivity index (χ1n) is 6.47. The minimum absolute atomic E-state index is 0.487. The fraction of sp³-hybridized carbons (Fsp3) is 0.538. The highest BCUT2D eigenvalue weighted by atomic mass is 32.1. The largest absolute Gasteiger partial charge is 0.288 e. The number of rotatable bonds is 3. The number of aryl methyl sites for hydroxylation is 1. The maximum Gasteiger partial charge on any atom is 0.110 e. The van der Waals surface area contributed by atoms with Gasteiger partial charge < -0.3 is 0 Å². The average molecular weight is 262 g/mol. The number of aromatic amines is 1. The van der Waals surface area contributed by atoms with E-state index < -0.39 is 0 Å². The molecule has 2 aromatic rings. The van der Waals surface area contributed by atoms with Crippen LogP contribution in [0.1, 0.15) is 41.6 Å². The normalized spacial score (nSPS) is 21.3. The summed E-state index contributed by atoms with van der Waals surface area (Å²) in [7, 11) is 0. The van der Waals surface area contributed by atoms with Gasteiger partial charge in [0.05, 0.1) is 17.9 Å². The van der Waals surface area contributed by atoms with Crippen LogP contribution in [0, 0.1) is 6.92 Å². The summed E-state index contributed by atoms with van der Waals surface area (Å²) in [5, 5.41) is 10.5.